The van der Waals surface area contributed by atoms with Crippen molar-refractivity contribution in [1.82, 2.24) is 9.97 Å². The van der Waals surface area contributed by atoms with Crippen molar-refractivity contribution in [2.45, 2.75) is 45.0 Å². The molecule has 0 saturated carbocycles. The van der Waals surface area contributed by atoms with Gasteiger partial charge >= 0.3 is 6.29 Å². The molecule has 0 radical (unpaired) electrons. The van der Waals surface area contributed by atoms with Gasteiger partial charge in [0, 0.05) is 24.1 Å². The average molecular weight is 485 g/mol. The summed E-state index contributed by atoms with van der Waals surface area (Å²) in [4.78, 5) is 11.2. The summed E-state index contributed by atoms with van der Waals surface area (Å²) >= 11 is 6.34. The summed E-state index contributed by atoms with van der Waals surface area (Å²) in [6, 6.07) is 2.38. The van der Waals surface area contributed by atoms with Crippen LogP contribution in [0.4, 0.5) is 14.6 Å². The molecule has 178 valence electrons. The summed E-state index contributed by atoms with van der Waals surface area (Å²) < 4.78 is 41.2. The number of aliphatic hydroxyl groups excluding tert-OH is 2. The number of nitrogens with zero attached hydrogens (tertiary/aromatic N) is 3. The van der Waals surface area contributed by atoms with E-state index in [1.165, 1.54) is 12.1 Å². The number of hydrogen-bond donors (Lipinski definition) is 3. The van der Waals surface area contributed by atoms with Crippen molar-refractivity contribution in [3.8, 4) is 22.8 Å². The van der Waals surface area contributed by atoms with Gasteiger partial charge in [-0.1, -0.05) is 11.6 Å². The zero-order chi connectivity index (χ0) is 23.5. The van der Waals surface area contributed by atoms with Gasteiger partial charge in [-0.3, -0.25) is 0 Å². The van der Waals surface area contributed by atoms with E-state index in [0.29, 0.717) is 61.0 Å². The number of rotatable bonds is 3. The van der Waals surface area contributed by atoms with E-state index >= 15 is 0 Å². The fourth-order valence-electron chi connectivity index (χ4n) is 4.72. The molecule has 12 heteroatoms. The lowest BCUT2D eigenvalue weighted by Gasteiger charge is -2.41. The van der Waals surface area contributed by atoms with Gasteiger partial charge in [-0.05, 0) is 31.9 Å². The van der Waals surface area contributed by atoms with E-state index in [-0.39, 0.29) is 28.5 Å². The third-order valence-corrected chi connectivity index (χ3v) is 7.03. The Hall–Kier alpha value is -2.31. The third-order valence-electron chi connectivity index (χ3n) is 6.65. The second kappa shape index (κ2) is 7.88. The first-order valence-electron chi connectivity index (χ1n) is 10.5. The first-order chi connectivity index (χ1) is 15.6. The van der Waals surface area contributed by atoms with Crippen molar-refractivity contribution < 1.29 is 33.2 Å². The highest BCUT2D eigenvalue weighted by Gasteiger charge is 2.49. The molecular weight excluding hydrogens is 462 g/mol. The Labute approximate surface area is 193 Å². The van der Waals surface area contributed by atoms with Crippen LogP contribution >= 0.6 is 11.6 Å². The van der Waals surface area contributed by atoms with Gasteiger partial charge < -0.3 is 35.1 Å². The number of aromatic nitrogens is 2. The number of benzene rings is 1. The molecule has 3 aliphatic heterocycles. The number of ether oxygens (including phenoxy) is 3. The van der Waals surface area contributed by atoms with Gasteiger partial charge in [-0.25, -0.2) is 9.97 Å². The highest BCUT2D eigenvalue weighted by Crippen LogP contribution is 2.49. The minimum Gasteiger partial charge on any atom is -0.395 e. The third kappa shape index (κ3) is 3.68. The van der Waals surface area contributed by atoms with E-state index in [2.05, 4.69) is 19.4 Å². The maximum atomic E-state index is 13.5. The molecule has 33 heavy (non-hydrogen) atoms. The van der Waals surface area contributed by atoms with Crippen LogP contribution in [-0.2, 0) is 11.3 Å². The summed E-state index contributed by atoms with van der Waals surface area (Å²) in [5.41, 5.74) is 7.39. The van der Waals surface area contributed by atoms with Crippen LogP contribution in [0, 0.1) is 12.3 Å². The van der Waals surface area contributed by atoms with Crippen LogP contribution in [0.25, 0.3) is 11.3 Å². The largest absolute Gasteiger partial charge is 0.586 e. The maximum Gasteiger partial charge on any atom is 0.586 e. The number of piperidine rings is 1. The summed E-state index contributed by atoms with van der Waals surface area (Å²) in [7, 11) is 0. The molecule has 3 aliphatic rings. The summed E-state index contributed by atoms with van der Waals surface area (Å²) in [5.74, 6) is 0.0958. The van der Waals surface area contributed by atoms with Crippen molar-refractivity contribution in [3.63, 3.8) is 0 Å². The van der Waals surface area contributed by atoms with Gasteiger partial charge in [0.1, 0.15) is 5.69 Å². The van der Waals surface area contributed by atoms with Gasteiger partial charge in [-0.15, -0.1) is 8.78 Å². The molecule has 2 aromatic rings. The van der Waals surface area contributed by atoms with Crippen LogP contribution in [0.15, 0.2) is 12.1 Å². The summed E-state index contributed by atoms with van der Waals surface area (Å²) in [6.07, 6.45) is -3.36. The number of aliphatic hydroxyl groups is 2. The normalized spacial score (nSPS) is 25.1. The van der Waals surface area contributed by atoms with Gasteiger partial charge in [0.25, 0.3) is 0 Å². The van der Waals surface area contributed by atoms with Crippen molar-refractivity contribution in [3.05, 3.63) is 28.5 Å². The van der Waals surface area contributed by atoms with Gasteiger partial charge in [0.2, 0.25) is 0 Å². The molecule has 2 atom stereocenters. The lowest BCUT2D eigenvalue weighted by atomic mass is 9.74. The van der Waals surface area contributed by atoms with Crippen LogP contribution in [0.3, 0.4) is 0 Å². The molecule has 4 N–H and O–H groups in total. The topological polar surface area (TPSA) is 123 Å². The molecule has 0 unspecified atom stereocenters. The van der Waals surface area contributed by atoms with Crippen LogP contribution in [0.5, 0.6) is 11.5 Å². The number of nitrogens with two attached hydrogens (primary N) is 1. The molecule has 0 amide bonds. The zero-order valence-electron chi connectivity index (χ0n) is 17.7. The number of hydrogen-bond acceptors (Lipinski definition) is 9. The van der Waals surface area contributed by atoms with Gasteiger partial charge in [0.15, 0.2) is 23.6 Å². The Kier molecular flexibility index (Phi) is 5.37. The number of aryl methyl sites for hydroxylation is 1. The molecule has 1 aromatic heterocycles. The van der Waals surface area contributed by atoms with E-state index in [1.54, 1.807) is 6.92 Å². The molecule has 0 aliphatic carbocycles. The second-order valence-electron chi connectivity index (χ2n) is 8.58. The predicted molar refractivity (Wildman–Crippen MR) is 113 cm³/mol. The number of fused-ring (bicyclic) bond motifs is 1. The number of alkyl halides is 2. The fraction of sp³-hybridized carbons (Fsp3) is 0.524. The Balaban J connectivity index is 1.44. The lowest BCUT2D eigenvalue weighted by molar-refractivity contribution is -0.286. The molecule has 2 fully saturated rings. The molecule has 9 nitrogen and oxygen atoms in total. The van der Waals surface area contributed by atoms with Crippen molar-refractivity contribution in [2.24, 2.45) is 11.1 Å². The molecule has 1 aromatic carbocycles. The highest BCUT2D eigenvalue weighted by molar-refractivity contribution is 6.35. The lowest BCUT2D eigenvalue weighted by Crippen LogP contribution is -2.51. The monoisotopic (exact) mass is 484 g/mol. The second-order valence-corrected chi connectivity index (χ2v) is 8.96. The van der Waals surface area contributed by atoms with E-state index < -0.39 is 18.6 Å². The molecule has 2 saturated heterocycles. The van der Waals surface area contributed by atoms with Gasteiger partial charge in [-0.2, -0.15) is 0 Å². The molecule has 1 spiro atoms. The highest BCUT2D eigenvalue weighted by atomic mass is 35.5. The molecule has 5 rings (SSSR count). The SMILES string of the molecule is Cc1nc(N2CCC3(CC2)CO[C@@H](O)[C@H]3N)c(CO)nc1-c1ccc2c(c1Cl)OC(F)(F)O2. The van der Waals surface area contributed by atoms with E-state index in [0.717, 1.165) is 0 Å². The number of halogens is 3. The first kappa shape index (κ1) is 22.5. The predicted octanol–water partition coefficient (Wildman–Crippen LogP) is 2.18. The van der Waals surface area contributed by atoms with Crippen molar-refractivity contribution >= 4 is 17.4 Å². The maximum absolute atomic E-state index is 13.5. The quantitative estimate of drug-likeness (QED) is 0.601. The number of anilines is 1. The van der Waals surface area contributed by atoms with Crippen LogP contribution in [-0.4, -0.2) is 58.5 Å². The Morgan fingerprint density at radius 3 is 2.61 bits per heavy atom. The Morgan fingerprint density at radius 1 is 1.24 bits per heavy atom. The molecule has 0 bridgehead atoms. The van der Waals surface area contributed by atoms with E-state index in [4.69, 9.17) is 22.1 Å². The standard InChI is InChI=1S/C21H23ClF2N4O5/c1-10-15(11-2-3-13-16(14(11)22)33-21(23,24)32-13)27-12(8-29)18(26-10)28-6-4-20(5-7-28)9-31-19(30)17(20)25/h2-3,17,19,29-30H,4-9,25H2,1H3/t17-,19-/m1/s1. The van der Waals surface area contributed by atoms with Crippen molar-refractivity contribution in [1.29, 1.82) is 0 Å². The van der Waals surface area contributed by atoms with Gasteiger partial charge in [0.05, 0.1) is 35.7 Å². The minimum absolute atomic E-state index is 0.0765. The van der Waals surface area contributed by atoms with Crippen LogP contribution < -0.4 is 20.1 Å². The van der Waals surface area contributed by atoms with E-state index in [1.807, 2.05) is 4.90 Å². The van der Waals surface area contributed by atoms with Crippen LogP contribution in [0.1, 0.15) is 24.2 Å². The zero-order valence-corrected chi connectivity index (χ0v) is 18.5. The summed E-state index contributed by atoms with van der Waals surface area (Å²) in [6.45, 7) is 2.96. The first-order valence-corrected chi connectivity index (χ1v) is 10.9. The average Bonchev–Trinajstić information content (AvgIpc) is 3.26. The Morgan fingerprint density at radius 2 is 1.97 bits per heavy atom. The molecular formula is C21H23ClF2N4O5. The minimum atomic E-state index is -3.79. The summed E-state index contributed by atoms with van der Waals surface area (Å²) in [5, 5.41) is 19.8. The van der Waals surface area contributed by atoms with E-state index in [9.17, 15) is 19.0 Å². The molecule has 4 heterocycles. The van der Waals surface area contributed by atoms with Crippen LogP contribution in [0.2, 0.25) is 5.02 Å². The fourth-order valence-corrected chi connectivity index (χ4v) is 5.00. The Bertz CT molecular complexity index is 1100. The smallest absolute Gasteiger partial charge is 0.395 e. The van der Waals surface area contributed by atoms with Crippen molar-refractivity contribution in [2.75, 3.05) is 24.6 Å².